The van der Waals surface area contributed by atoms with Gasteiger partial charge in [-0.1, -0.05) is 0 Å². The summed E-state index contributed by atoms with van der Waals surface area (Å²) in [6.07, 6.45) is 3.27. The number of aliphatic hydroxyl groups excluding tert-OH is 1. The highest BCUT2D eigenvalue weighted by Crippen LogP contribution is 2.04. The molecule has 0 atom stereocenters. The van der Waals surface area contributed by atoms with Crippen LogP contribution in [-0.2, 0) is 11.2 Å². The Morgan fingerprint density at radius 3 is 2.77 bits per heavy atom. The van der Waals surface area contributed by atoms with E-state index in [1.54, 1.807) is 0 Å². The Bertz CT molecular complexity index is 284. The molecule has 0 aromatic carbocycles. The monoisotopic (exact) mass is 182 g/mol. The SMILES string of the molecule is CC(=O)Oc1cnc(CCO)cn1. The third kappa shape index (κ3) is 3.16. The average molecular weight is 182 g/mol. The molecule has 13 heavy (non-hydrogen) atoms. The Balaban J connectivity index is 2.64. The zero-order valence-electron chi connectivity index (χ0n) is 7.23. The number of hydrogen-bond donors (Lipinski definition) is 1. The van der Waals surface area contributed by atoms with Crippen LogP contribution in [0.15, 0.2) is 12.4 Å². The Hall–Kier alpha value is -1.49. The van der Waals surface area contributed by atoms with Crippen molar-refractivity contribution in [2.24, 2.45) is 0 Å². The highest BCUT2D eigenvalue weighted by atomic mass is 16.5. The molecule has 1 heterocycles. The Morgan fingerprint density at radius 1 is 1.54 bits per heavy atom. The van der Waals surface area contributed by atoms with Gasteiger partial charge in [-0.15, -0.1) is 0 Å². The van der Waals surface area contributed by atoms with Crippen LogP contribution in [-0.4, -0.2) is 27.7 Å². The maximum absolute atomic E-state index is 10.5. The summed E-state index contributed by atoms with van der Waals surface area (Å²) in [5.74, 6) is -0.251. The van der Waals surface area contributed by atoms with Crippen LogP contribution in [0.25, 0.3) is 0 Å². The maximum atomic E-state index is 10.5. The van der Waals surface area contributed by atoms with Crippen molar-refractivity contribution < 1.29 is 14.6 Å². The number of nitrogens with zero attached hydrogens (tertiary/aromatic N) is 2. The van der Waals surface area contributed by atoms with Crippen molar-refractivity contribution in [3.63, 3.8) is 0 Å². The smallest absolute Gasteiger partial charge is 0.309 e. The lowest BCUT2D eigenvalue weighted by atomic mass is 10.3. The van der Waals surface area contributed by atoms with E-state index in [-0.39, 0.29) is 12.5 Å². The summed E-state index contributed by atoms with van der Waals surface area (Å²) < 4.78 is 4.67. The number of carbonyl (C=O) groups excluding carboxylic acids is 1. The molecule has 1 aromatic rings. The van der Waals surface area contributed by atoms with E-state index >= 15 is 0 Å². The first-order valence-corrected chi connectivity index (χ1v) is 3.82. The number of carbonyl (C=O) groups is 1. The molecule has 0 unspecified atom stereocenters. The molecule has 70 valence electrons. The third-order valence-corrected chi connectivity index (χ3v) is 1.30. The largest absolute Gasteiger partial charge is 0.406 e. The summed E-state index contributed by atoms with van der Waals surface area (Å²) in [5.41, 5.74) is 0.665. The first-order valence-electron chi connectivity index (χ1n) is 3.82. The summed E-state index contributed by atoms with van der Waals surface area (Å²) in [6, 6.07) is 0. The number of ether oxygens (including phenoxy) is 1. The van der Waals surface area contributed by atoms with E-state index in [9.17, 15) is 4.79 Å². The molecule has 1 N–H and O–H groups in total. The molecule has 5 nitrogen and oxygen atoms in total. The van der Waals surface area contributed by atoms with E-state index in [2.05, 4.69) is 14.7 Å². The standard InChI is InChI=1S/C8H10N2O3/c1-6(12)13-8-5-9-7(2-3-11)4-10-8/h4-5,11H,2-3H2,1H3. The van der Waals surface area contributed by atoms with E-state index in [0.29, 0.717) is 12.1 Å². The van der Waals surface area contributed by atoms with Gasteiger partial charge >= 0.3 is 5.97 Å². The number of aliphatic hydroxyl groups is 1. The van der Waals surface area contributed by atoms with Crippen molar-refractivity contribution in [1.29, 1.82) is 0 Å². The van der Waals surface area contributed by atoms with E-state index in [1.165, 1.54) is 19.3 Å². The number of rotatable bonds is 3. The van der Waals surface area contributed by atoms with E-state index < -0.39 is 5.97 Å². The van der Waals surface area contributed by atoms with Crippen LogP contribution >= 0.6 is 0 Å². The topological polar surface area (TPSA) is 72.3 Å². The minimum Gasteiger partial charge on any atom is -0.406 e. The molecular weight excluding hydrogens is 172 g/mol. The molecule has 0 saturated heterocycles. The van der Waals surface area contributed by atoms with Gasteiger partial charge in [0.25, 0.3) is 0 Å². The number of esters is 1. The highest BCUT2D eigenvalue weighted by molar-refractivity contribution is 5.68. The van der Waals surface area contributed by atoms with Crippen molar-refractivity contribution in [1.82, 2.24) is 9.97 Å². The van der Waals surface area contributed by atoms with Crippen LogP contribution in [0.2, 0.25) is 0 Å². The van der Waals surface area contributed by atoms with Gasteiger partial charge in [-0.2, -0.15) is 0 Å². The lowest BCUT2D eigenvalue weighted by molar-refractivity contribution is -0.132. The van der Waals surface area contributed by atoms with Gasteiger partial charge in [0.1, 0.15) is 0 Å². The predicted octanol–water partition coefficient (Wildman–Crippen LogP) is -0.0633. The minimum absolute atomic E-state index is 0.0294. The van der Waals surface area contributed by atoms with E-state index in [4.69, 9.17) is 5.11 Å². The average Bonchev–Trinajstić information content (AvgIpc) is 2.08. The maximum Gasteiger partial charge on any atom is 0.309 e. The fraction of sp³-hybridized carbons (Fsp3) is 0.375. The summed E-state index contributed by atoms with van der Waals surface area (Å²) >= 11 is 0. The fourth-order valence-electron chi connectivity index (χ4n) is 0.787. The van der Waals surface area contributed by atoms with Crippen molar-refractivity contribution in [2.45, 2.75) is 13.3 Å². The van der Waals surface area contributed by atoms with Gasteiger partial charge in [0.05, 0.1) is 18.1 Å². The molecular formula is C8H10N2O3. The molecule has 0 spiro atoms. The van der Waals surface area contributed by atoms with Crippen LogP contribution in [0.5, 0.6) is 5.88 Å². The molecule has 0 aliphatic heterocycles. The Morgan fingerprint density at radius 2 is 2.31 bits per heavy atom. The molecule has 0 bridgehead atoms. The molecule has 1 rings (SSSR count). The van der Waals surface area contributed by atoms with Gasteiger partial charge in [-0.25, -0.2) is 4.98 Å². The van der Waals surface area contributed by atoms with Crippen LogP contribution in [0.4, 0.5) is 0 Å². The van der Waals surface area contributed by atoms with Gasteiger partial charge < -0.3 is 9.84 Å². The molecule has 0 radical (unpaired) electrons. The molecule has 0 aliphatic rings. The van der Waals surface area contributed by atoms with Crippen LogP contribution < -0.4 is 4.74 Å². The number of aromatic nitrogens is 2. The molecule has 5 heteroatoms. The van der Waals surface area contributed by atoms with E-state index in [0.717, 1.165) is 0 Å². The van der Waals surface area contributed by atoms with Gasteiger partial charge in [0, 0.05) is 20.0 Å². The quantitative estimate of drug-likeness (QED) is 0.663. The third-order valence-electron chi connectivity index (χ3n) is 1.30. The second-order valence-corrected chi connectivity index (χ2v) is 2.41. The Kier molecular flexibility index (Phi) is 3.33. The normalized spacial score (nSPS) is 9.69. The zero-order chi connectivity index (χ0) is 9.68. The van der Waals surface area contributed by atoms with Crippen molar-refractivity contribution >= 4 is 5.97 Å². The van der Waals surface area contributed by atoms with Crippen molar-refractivity contribution in [3.05, 3.63) is 18.1 Å². The van der Waals surface area contributed by atoms with Gasteiger partial charge in [0.15, 0.2) is 0 Å². The van der Waals surface area contributed by atoms with Crippen molar-refractivity contribution in [2.75, 3.05) is 6.61 Å². The predicted molar refractivity (Wildman–Crippen MR) is 44.1 cm³/mol. The van der Waals surface area contributed by atoms with Crippen LogP contribution in [0, 0.1) is 0 Å². The summed E-state index contributed by atoms with van der Waals surface area (Å²) in [5, 5.41) is 8.58. The summed E-state index contributed by atoms with van der Waals surface area (Å²) in [6.45, 7) is 1.32. The van der Waals surface area contributed by atoms with Gasteiger partial charge in [-0.3, -0.25) is 9.78 Å². The first kappa shape index (κ1) is 9.60. The van der Waals surface area contributed by atoms with Crippen molar-refractivity contribution in [3.8, 4) is 5.88 Å². The first-order chi connectivity index (χ1) is 6.22. The fourth-order valence-corrected chi connectivity index (χ4v) is 0.787. The second-order valence-electron chi connectivity index (χ2n) is 2.41. The zero-order valence-corrected chi connectivity index (χ0v) is 7.23. The second kappa shape index (κ2) is 4.51. The molecule has 1 aromatic heterocycles. The summed E-state index contributed by atoms with van der Waals surface area (Å²) in [7, 11) is 0. The van der Waals surface area contributed by atoms with Crippen LogP contribution in [0.3, 0.4) is 0 Å². The van der Waals surface area contributed by atoms with Crippen LogP contribution in [0.1, 0.15) is 12.6 Å². The van der Waals surface area contributed by atoms with Gasteiger partial charge in [0.2, 0.25) is 5.88 Å². The molecule has 0 saturated carbocycles. The minimum atomic E-state index is -0.427. The molecule has 0 fully saturated rings. The number of hydrogen-bond acceptors (Lipinski definition) is 5. The lowest BCUT2D eigenvalue weighted by Crippen LogP contribution is -2.04. The molecule has 0 amide bonds. The van der Waals surface area contributed by atoms with E-state index in [1.807, 2.05) is 0 Å². The molecule has 0 aliphatic carbocycles. The Labute approximate surface area is 75.4 Å². The van der Waals surface area contributed by atoms with Gasteiger partial charge in [-0.05, 0) is 0 Å². The summed E-state index contributed by atoms with van der Waals surface area (Å²) in [4.78, 5) is 18.2. The highest BCUT2D eigenvalue weighted by Gasteiger charge is 2.00. The lowest BCUT2D eigenvalue weighted by Gasteiger charge is -1.99.